The van der Waals surface area contributed by atoms with Gasteiger partial charge in [-0.05, 0) is 67.4 Å². The van der Waals surface area contributed by atoms with Crippen molar-refractivity contribution in [2.24, 2.45) is 11.8 Å². The zero-order valence-corrected chi connectivity index (χ0v) is 16.8. The van der Waals surface area contributed by atoms with Crippen molar-refractivity contribution < 1.29 is 18.0 Å². The molecule has 29 heavy (non-hydrogen) atoms. The van der Waals surface area contributed by atoms with E-state index in [1.165, 1.54) is 24.2 Å². The zero-order chi connectivity index (χ0) is 20.0. The van der Waals surface area contributed by atoms with Crippen LogP contribution in [0, 0.1) is 11.8 Å². The second-order valence-electron chi connectivity index (χ2n) is 9.37. The number of alkyl halides is 3. The lowest BCUT2D eigenvalue weighted by atomic mass is 9.61. The Hall–Kier alpha value is -1.60. The van der Waals surface area contributed by atoms with Gasteiger partial charge in [0, 0.05) is 11.2 Å². The van der Waals surface area contributed by atoms with E-state index in [1.807, 2.05) is 6.07 Å². The van der Waals surface area contributed by atoms with Crippen LogP contribution < -0.4 is 10.6 Å². The van der Waals surface area contributed by atoms with Crippen LogP contribution in [0.25, 0.3) is 10.1 Å². The van der Waals surface area contributed by atoms with Gasteiger partial charge in [-0.2, -0.15) is 13.2 Å². The standard InChI is InChI=1S/C22H23F3N2OS/c23-22(24,25)20(8-9-20)15-3-1-2-13-10-16(29-17(13)15)19(28)27-18-12-4-6-14(7-5-12)21(18)11-26-21/h1-3,10,12,14,18,26H,4-9,11H2,(H,27,28)/t12?,14?,18?,21-/m0/s1. The number of halogens is 3. The molecule has 2 aromatic rings. The topological polar surface area (TPSA) is 51.0 Å². The summed E-state index contributed by atoms with van der Waals surface area (Å²) in [5.41, 5.74) is -1.33. The van der Waals surface area contributed by atoms with E-state index in [1.54, 1.807) is 18.2 Å². The molecule has 5 fully saturated rings. The molecular weight excluding hydrogens is 397 g/mol. The van der Waals surface area contributed by atoms with Gasteiger partial charge < -0.3 is 10.6 Å². The fraction of sp³-hybridized carbons (Fsp3) is 0.591. The molecular formula is C22H23F3N2OS. The number of carbonyl (C=O) groups is 1. The fourth-order valence-corrected chi connectivity index (χ4v) is 7.27. The average molecular weight is 421 g/mol. The number of nitrogens with one attached hydrogen (secondary N) is 2. The van der Waals surface area contributed by atoms with Gasteiger partial charge in [-0.15, -0.1) is 11.3 Å². The molecule has 1 saturated heterocycles. The molecule has 4 aliphatic carbocycles. The molecule has 7 rings (SSSR count). The van der Waals surface area contributed by atoms with E-state index in [4.69, 9.17) is 0 Å². The number of rotatable bonds is 3. The first-order valence-electron chi connectivity index (χ1n) is 10.5. The van der Waals surface area contributed by atoms with Crippen LogP contribution in [0.1, 0.15) is 53.8 Å². The summed E-state index contributed by atoms with van der Waals surface area (Å²) in [6.45, 7) is 0.962. The summed E-state index contributed by atoms with van der Waals surface area (Å²) >= 11 is 1.21. The molecule has 4 saturated carbocycles. The maximum absolute atomic E-state index is 13.7. The minimum Gasteiger partial charge on any atom is -0.346 e. The number of carbonyl (C=O) groups excluding carboxylic acids is 1. The Kier molecular flexibility index (Phi) is 3.61. The first-order chi connectivity index (χ1) is 13.8. The van der Waals surface area contributed by atoms with Crippen LogP contribution in [0.15, 0.2) is 24.3 Å². The van der Waals surface area contributed by atoms with Crippen LogP contribution in [-0.4, -0.2) is 30.2 Å². The number of amides is 1. The number of hydrogen-bond donors (Lipinski definition) is 2. The summed E-state index contributed by atoms with van der Waals surface area (Å²) in [5, 5.41) is 7.54. The molecule has 1 aromatic carbocycles. The highest BCUT2D eigenvalue weighted by atomic mass is 32.1. The highest BCUT2D eigenvalue weighted by molar-refractivity contribution is 7.21. The number of fused-ring (bicyclic) bond motifs is 3. The van der Waals surface area contributed by atoms with Gasteiger partial charge in [0.15, 0.2) is 0 Å². The minimum atomic E-state index is -4.25. The van der Waals surface area contributed by atoms with Gasteiger partial charge in [-0.3, -0.25) is 4.79 Å². The molecule has 7 heteroatoms. The summed E-state index contributed by atoms with van der Waals surface area (Å²) in [4.78, 5) is 13.6. The van der Waals surface area contributed by atoms with Crippen molar-refractivity contribution in [3.8, 4) is 0 Å². The van der Waals surface area contributed by atoms with E-state index in [2.05, 4.69) is 10.6 Å². The van der Waals surface area contributed by atoms with Gasteiger partial charge >= 0.3 is 6.18 Å². The van der Waals surface area contributed by atoms with Crippen LogP contribution in [-0.2, 0) is 5.41 Å². The molecule has 2 bridgehead atoms. The molecule has 154 valence electrons. The molecule has 1 amide bonds. The Balaban J connectivity index is 1.32. The van der Waals surface area contributed by atoms with Gasteiger partial charge in [-0.25, -0.2) is 0 Å². The lowest BCUT2D eigenvalue weighted by Crippen LogP contribution is -2.60. The Morgan fingerprint density at radius 2 is 1.90 bits per heavy atom. The fourth-order valence-electron chi connectivity index (χ4n) is 6.09. The van der Waals surface area contributed by atoms with Crippen molar-refractivity contribution in [2.75, 3.05) is 6.54 Å². The number of hydrogen-bond acceptors (Lipinski definition) is 3. The van der Waals surface area contributed by atoms with E-state index in [0.29, 0.717) is 27.0 Å². The van der Waals surface area contributed by atoms with Crippen LogP contribution >= 0.6 is 11.3 Å². The normalized spacial score (nSPS) is 34.5. The van der Waals surface area contributed by atoms with Crippen LogP contribution in [0.3, 0.4) is 0 Å². The van der Waals surface area contributed by atoms with Gasteiger partial charge in [0.1, 0.15) is 0 Å². The molecule has 0 radical (unpaired) electrons. The lowest BCUT2D eigenvalue weighted by molar-refractivity contribution is -0.160. The molecule has 1 unspecified atom stereocenters. The van der Waals surface area contributed by atoms with E-state index in [0.717, 1.165) is 24.8 Å². The first kappa shape index (κ1) is 18.2. The maximum atomic E-state index is 13.7. The van der Waals surface area contributed by atoms with Crippen molar-refractivity contribution in [1.82, 2.24) is 10.6 Å². The molecule has 3 nitrogen and oxygen atoms in total. The first-order valence-corrected chi connectivity index (χ1v) is 11.3. The second kappa shape index (κ2) is 5.76. The zero-order valence-electron chi connectivity index (χ0n) is 15.9. The predicted octanol–water partition coefficient (Wildman–Crippen LogP) is 4.76. The number of thiophene rings is 1. The molecule has 2 atom stereocenters. The van der Waals surface area contributed by atoms with Crippen LogP contribution in [0.4, 0.5) is 13.2 Å². The summed E-state index contributed by atoms with van der Waals surface area (Å²) in [6.07, 6.45) is 0.793. The van der Waals surface area contributed by atoms with E-state index in [9.17, 15) is 18.0 Å². The van der Waals surface area contributed by atoms with Crippen LogP contribution in [0.2, 0.25) is 0 Å². The third kappa shape index (κ3) is 2.49. The third-order valence-electron chi connectivity index (χ3n) is 7.97. The molecule has 1 aromatic heterocycles. The van der Waals surface area contributed by atoms with E-state index in [-0.39, 0.29) is 30.3 Å². The minimum absolute atomic E-state index is 0.0625. The molecule has 2 heterocycles. The van der Waals surface area contributed by atoms with Crippen molar-refractivity contribution >= 4 is 27.3 Å². The van der Waals surface area contributed by atoms with Crippen molar-refractivity contribution in [1.29, 1.82) is 0 Å². The highest BCUT2D eigenvalue weighted by Crippen LogP contribution is 2.60. The molecule has 1 aliphatic heterocycles. The second-order valence-corrected chi connectivity index (χ2v) is 10.4. The Morgan fingerprint density at radius 1 is 1.17 bits per heavy atom. The number of benzene rings is 1. The van der Waals surface area contributed by atoms with E-state index < -0.39 is 11.6 Å². The maximum Gasteiger partial charge on any atom is 0.398 e. The van der Waals surface area contributed by atoms with Crippen LogP contribution in [0.5, 0.6) is 0 Å². The van der Waals surface area contributed by atoms with Gasteiger partial charge in [-0.1, -0.05) is 18.2 Å². The van der Waals surface area contributed by atoms with Gasteiger partial charge in [0.25, 0.3) is 5.91 Å². The molecule has 5 aliphatic rings. The predicted molar refractivity (Wildman–Crippen MR) is 106 cm³/mol. The largest absolute Gasteiger partial charge is 0.398 e. The van der Waals surface area contributed by atoms with E-state index >= 15 is 0 Å². The monoisotopic (exact) mass is 420 g/mol. The lowest BCUT2D eigenvalue weighted by Gasteiger charge is -2.48. The van der Waals surface area contributed by atoms with Crippen molar-refractivity contribution in [3.05, 3.63) is 34.7 Å². The van der Waals surface area contributed by atoms with Gasteiger partial charge in [0.05, 0.1) is 21.9 Å². The summed E-state index contributed by atoms with van der Waals surface area (Å²) in [7, 11) is 0. The summed E-state index contributed by atoms with van der Waals surface area (Å²) < 4.78 is 41.7. The Morgan fingerprint density at radius 3 is 2.52 bits per heavy atom. The molecule has 2 N–H and O–H groups in total. The summed E-state index contributed by atoms with van der Waals surface area (Å²) in [6, 6.07) is 6.98. The van der Waals surface area contributed by atoms with Crippen molar-refractivity contribution in [2.45, 2.75) is 61.7 Å². The smallest absolute Gasteiger partial charge is 0.346 e. The Labute approximate surface area is 171 Å². The average Bonchev–Trinajstić information content (AvgIpc) is 3.61. The van der Waals surface area contributed by atoms with Crippen molar-refractivity contribution in [3.63, 3.8) is 0 Å². The Bertz CT molecular complexity index is 997. The SMILES string of the molecule is O=C(NC1C2CCC(CC2)[C@@]12CN2)c1cc2cccc(C3(C(F)(F)F)CC3)c2s1. The molecule has 1 spiro atoms. The summed E-state index contributed by atoms with van der Waals surface area (Å²) in [5.74, 6) is 0.997. The quantitative estimate of drug-likeness (QED) is 0.704. The third-order valence-corrected chi connectivity index (χ3v) is 9.16. The van der Waals surface area contributed by atoms with Gasteiger partial charge in [0.2, 0.25) is 0 Å². The highest BCUT2D eigenvalue weighted by Gasteiger charge is 2.65.